The van der Waals surface area contributed by atoms with Crippen LogP contribution in [-0.2, 0) is 0 Å². The van der Waals surface area contributed by atoms with Crippen molar-refractivity contribution < 1.29 is 10.0 Å². The van der Waals surface area contributed by atoms with Crippen molar-refractivity contribution in [3.63, 3.8) is 0 Å². The third kappa shape index (κ3) is 3.39. The highest BCUT2D eigenvalue weighted by molar-refractivity contribution is 6.42. The number of nitro benzene ring substituents is 1. The molecule has 0 aliphatic carbocycles. The standard InChI is InChI=1S/C15H14Cl2N2O3/c16-12-6-5-9(7-13(12)17)11(8-20)15(18)10-3-1-2-4-14(10)19(21)22/h1-7,11,15,20H,8,18H2. The van der Waals surface area contributed by atoms with E-state index in [9.17, 15) is 15.2 Å². The Morgan fingerprint density at radius 3 is 2.45 bits per heavy atom. The number of para-hydroxylation sites is 1. The molecule has 0 spiro atoms. The molecule has 2 aromatic carbocycles. The molecule has 22 heavy (non-hydrogen) atoms. The van der Waals surface area contributed by atoms with Gasteiger partial charge in [-0.2, -0.15) is 0 Å². The van der Waals surface area contributed by atoms with Crippen LogP contribution in [0.15, 0.2) is 42.5 Å². The van der Waals surface area contributed by atoms with Crippen LogP contribution < -0.4 is 5.73 Å². The van der Waals surface area contributed by atoms with Crippen molar-refractivity contribution in [3.8, 4) is 0 Å². The van der Waals surface area contributed by atoms with E-state index in [4.69, 9.17) is 28.9 Å². The van der Waals surface area contributed by atoms with Crippen molar-refractivity contribution in [2.75, 3.05) is 6.61 Å². The molecule has 0 bridgehead atoms. The van der Waals surface area contributed by atoms with Crippen LogP contribution in [0.4, 0.5) is 5.69 Å². The predicted molar refractivity (Wildman–Crippen MR) is 86.3 cm³/mol. The lowest BCUT2D eigenvalue weighted by molar-refractivity contribution is -0.385. The fourth-order valence-electron chi connectivity index (χ4n) is 2.32. The molecule has 2 rings (SSSR count). The Morgan fingerprint density at radius 1 is 1.18 bits per heavy atom. The number of benzene rings is 2. The van der Waals surface area contributed by atoms with E-state index >= 15 is 0 Å². The second-order valence-corrected chi connectivity index (χ2v) is 5.62. The maximum Gasteiger partial charge on any atom is 0.274 e. The molecule has 0 fully saturated rings. The summed E-state index contributed by atoms with van der Waals surface area (Å²) in [5, 5.41) is 21.5. The van der Waals surface area contributed by atoms with Gasteiger partial charge in [0.05, 0.1) is 21.6 Å². The number of nitrogens with two attached hydrogens (primary N) is 1. The Bertz CT molecular complexity index is 694. The number of rotatable bonds is 5. The fourth-order valence-corrected chi connectivity index (χ4v) is 2.63. The molecule has 5 nitrogen and oxygen atoms in total. The lowest BCUT2D eigenvalue weighted by Gasteiger charge is -2.23. The first-order chi connectivity index (χ1) is 10.5. The summed E-state index contributed by atoms with van der Waals surface area (Å²) in [6.07, 6.45) is 0. The van der Waals surface area contributed by atoms with E-state index in [2.05, 4.69) is 0 Å². The van der Waals surface area contributed by atoms with Gasteiger partial charge >= 0.3 is 0 Å². The Labute approximate surface area is 137 Å². The number of hydrogen-bond donors (Lipinski definition) is 2. The van der Waals surface area contributed by atoms with Crippen LogP contribution in [0.5, 0.6) is 0 Å². The van der Waals surface area contributed by atoms with E-state index < -0.39 is 16.9 Å². The van der Waals surface area contributed by atoms with E-state index in [1.807, 2.05) is 0 Å². The maximum atomic E-state index is 11.1. The van der Waals surface area contributed by atoms with E-state index in [1.165, 1.54) is 6.07 Å². The van der Waals surface area contributed by atoms with Crippen LogP contribution in [-0.4, -0.2) is 16.6 Å². The first-order valence-electron chi connectivity index (χ1n) is 6.50. The monoisotopic (exact) mass is 340 g/mol. The lowest BCUT2D eigenvalue weighted by atomic mass is 9.87. The summed E-state index contributed by atoms with van der Waals surface area (Å²) in [5.41, 5.74) is 7.12. The molecular weight excluding hydrogens is 327 g/mol. The highest BCUT2D eigenvalue weighted by Gasteiger charge is 2.27. The van der Waals surface area contributed by atoms with Gasteiger partial charge in [0.2, 0.25) is 0 Å². The minimum absolute atomic E-state index is 0.0755. The second kappa shape index (κ2) is 7.07. The Morgan fingerprint density at radius 2 is 1.86 bits per heavy atom. The van der Waals surface area contributed by atoms with Gasteiger partial charge in [0.15, 0.2) is 0 Å². The van der Waals surface area contributed by atoms with Gasteiger partial charge in [0.25, 0.3) is 5.69 Å². The average molecular weight is 341 g/mol. The molecule has 0 aliphatic rings. The molecule has 0 saturated carbocycles. The van der Waals surface area contributed by atoms with Crippen molar-refractivity contribution in [2.45, 2.75) is 12.0 Å². The summed E-state index contributed by atoms with van der Waals surface area (Å²) >= 11 is 11.9. The van der Waals surface area contributed by atoms with E-state index in [-0.39, 0.29) is 12.3 Å². The van der Waals surface area contributed by atoms with Gasteiger partial charge in [-0.15, -0.1) is 0 Å². The topological polar surface area (TPSA) is 89.4 Å². The van der Waals surface area contributed by atoms with Gasteiger partial charge in [-0.25, -0.2) is 0 Å². The summed E-state index contributed by atoms with van der Waals surface area (Å²) < 4.78 is 0. The fraction of sp³-hybridized carbons (Fsp3) is 0.200. The highest BCUT2D eigenvalue weighted by atomic mass is 35.5. The Kier molecular flexibility index (Phi) is 5.37. The van der Waals surface area contributed by atoms with Gasteiger partial charge in [-0.1, -0.05) is 47.5 Å². The molecule has 2 atom stereocenters. The van der Waals surface area contributed by atoms with Crippen LogP contribution in [0, 0.1) is 10.1 Å². The third-order valence-corrected chi connectivity index (χ3v) is 4.23. The smallest absolute Gasteiger partial charge is 0.274 e. The van der Waals surface area contributed by atoms with Crippen LogP contribution in [0.3, 0.4) is 0 Å². The van der Waals surface area contributed by atoms with Crippen LogP contribution >= 0.6 is 23.2 Å². The van der Waals surface area contributed by atoms with Gasteiger partial charge in [0.1, 0.15) is 0 Å². The molecule has 3 N–H and O–H groups in total. The predicted octanol–water partition coefficient (Wildman–Crippen LogP) is 3.68. The minimum atomic E-state index is -0.746. The second-order valence-electron chi connectivity index (χ2n) is 4.80. The molecule has 0 saturated heterocycles. The van der Waals surface area contributed by atoms with Gasteiger partial charge in [-0.3, -0.25) is 10.1 Å². The van der Waals surface area contributed by atoms with Crippen molar-refractivity contribution in [1.29, 1.82) is 0 Å². The third-order valence-electron chi connectivity index (χ3n) is 3.49. The normalized spacial score (nSPS) is 13.6. The Balaban J connectivity index is 2.43. The van der Waals surface area contributed by atoms with E-state index in [0.29, 0.717) is 21.2 Å². The first-order valence-corrected chi connectivity index (χ1v) is 7.26. The van der Waals surface area contributed by atoms with E-state index in [1.54, 1.807) is 36.4 Å². The Hall–Kier alpha value is -1.66. The summed E-state index contributed by atoms with van der Waals surface area (Å²) in [7, 11) is 0. The zero-order valence-corrected chi connectivity index (χ0v) is 13.0. The molecule has 116 valence electrons. The highest BCUT2D eigenvalue weighted by Crippen LogP contribution is 2.35. The number of hydrogen-bond acceptors (Lipinski definition) is 4. The number of nitro groups is 1. The molecule has 0 heterocycles. The summed E-state index contributed by atoms with van der Waals surface area (Å²) in [5.74, 6) is -0.532. The average Bonchev–Trinajstić information content (AvgIpc) is 2.51. The zero-order valence-electron chi connectivity index (χ0n) is 11.4. The number of aliphatic hydroxyl groups excluding tert-OH is 1. The molecule has 0 aliphatic heterocycles. The number of nitrogens with zero attached hydrogens (tertiary/aromatic N) is 1. The van der Waals surface area contributed by atoms with Crippen LogP contribution in [0.1, 0.15) is 23.1 Å². The molecule has 0 aromatic heterocycles. The van der Waals surface area contributed by atoms with Crippen molar-refractivity contribution in [2.24, 2.45) is 5.73 Å². The molecule has 0 amide bonds. The van der Waals surface area contributed by atoms with Gasteiger partial charge < -0.3 is 10.8 Å². The van der Waals surface area contributed by atoms with Crippen molar-refractivity contribution >= 4 is 28.9 Å². The largest absolute Gasteiger partial charge is 0.396 e. The number of aliphatic hydroxyl groups is 1. The van der Waals surface area contributed by atoms with Crippen LogP contribution in [0.2, 0.25) is 10.0 Å². The molecule has 0 radical (unpaired) electrons. The minimum Gasteiger partial charge on any atom is -0.396 e. The summed E-state index contributed by atoms with van der Waals surface area (Å²) in [6.45, 7) is -0.273. The maximum absolute atomic E-state index is 11.1. The molecular formula is C15H14Cl2N2O3. The molecule has 2 unspecified atom stereocenters. The van der Waals surface area contributed by atoms with Crippen molar-refractivity contribution in [1.82, 2.24) is 0 Å². The lowest BCUT2D eigenvalue weighted by Crippen LogP contribution is -2.23. The van der Waals surface area contributed by atoms with Crippen molar-refractivity contribution in [3.05, 3.63) is 73.8 Å². The summed E-state index contributed by atoms with van der Waals surface area (Å²) in [6, 6.07) is 10.4. The first kappa shape index (κ1) is 16.7. The van der Waals surface area contributed by atoms with Gasteiger partial charge in [0, 0.05) is 23.6 Å². The van der Waals surface area contributed by atoms with Crippen LogP contribution in [0.25, 0.3) is 0 Å². The number of halogens is 2. The van der Waals surface area contributed by atoms with E-state index in [0.717, 1.165) is 0 Å². The van der Waals surface area contributed by atoms with Gasteiger partial charge in [-0.05, 0) is 17.7 Å². The zero-order chi connectivity index (χ0) is 16.3. The quantitative estimate of drug-likeness (QED) is 0.641. The SMILES string of the molecule is NC(c1ccccc1[N+](=O)[O-])C(CO)c1ccc(Cl)c(Cl)c1. The summed E-state index contributed by atoms with van der Waals surface area (Å²) in [4.78, 5) is 10.6. The molecule has 7 heteroatoms. The molecule has 2 aromatic rings.